The Labute approximate surface area is 208 Å². The van der Waals surface area contributed by atoms with Crippen LogP contribution in [-0.4, -0.2) is 64.9 Å². The van der Waals surface area contributed by atoms with E-state index in [1.807, 2.05) is 17.0 Å². The Morgan fingerprint density at radius 3 is 2.66 bits per heavy atom. The van der Waals surface area contributed by atoms with Gasteiger partial charge >= 0.3 is 0 Å². The summed E-state index contributed by atoms with van der Waals surface area (Å²) >= 11 is 1.53. The van der Waals surface area contributed by atoms with E-state index in [2.05, 4.69) is 44.0 Å². The van der Waals surface area contributed by atoms with Gasteiger partial charge < -0.3 is 9.80 Å². The molecule has 8 heteroatoms. The Morgan fingerprint density at radius 2 is 1.83 bits per heavy atom. The number of thiophene rings is 1. The first kappa shape index (κ1) is 22.4. The fourth-order valence-electron chi connectivity index (χ4n) is 5.39. The lowest BCUT2D eigenvalue weighted by molar-refractivity contribution is -0.137. The summed E-state index contributed by atoms with van der Waals surface area (Å²) in [5.41, 5.74) is 1.98. The van der Waals surface area contributed by atoms with Crippen molar-refractivity contribution < 1.29 is 9.18 Å². The number of piperidine rings is 1. The van der Waals surface area contributed by atoms with Gasteiger partial charge in [0.1, 0.15) is 18.0 Å². The average Bonchev–Trinajstić information content (AvgIpc) is 3.29. The lowest BCUT2D eigenvalue weighted by Crippen LogP contribution is -2.52. The highest BCUT2D eigenvalue weighted by molar-refractivity contribution is 7.26. The monoisotopic (exact) mass is 489 g/mol. The zero-order chi connectivity index (χ0) is 23.8. The van der Waals surface area contributed by atoms with Crippen LogP contribution in [0.25, 0.3) is 20.3 Å². The first-order chi connectivity index (χ1) is 17.2. The third-order valence-corrected chi connectivity index (χ3v) is 8.35. The molecule has 6 nitrogen and oxygen atoms in total. The number of anilines is 1. The number of piperazine rings is 1. The third kappa shape index (κ3) is 4.36. The number of hydrogen-bond acceptors (Lipinski definition) is 6. The lowest BCUT2D eigenvalue weighted by Gasteiger charge is -2.39. The van der Waals surface area contributed by atoms with Crippen molar-refractivity contribution in [2.45, 2.75) is 19.4 Å². The largest absolute Gasteiger partial charge is 0.355 e. The predicted molar refractivity (Wildman–Crippen MR) is 138 cm³/mol. The van der Waals surface area contributed by atoms with Crippen LogP contribution in [0, 0.1) is 11.7 Å². The maximum atomic E-state index is 14.5. The van der Waals surface area contributed by atoms with Crippen LogP contribution in [0.3, 0.4) is 0 Å². The van der Waals surface area contributed by atoms with Gasteiger partial charge in [0, 0.05) is 50.5 Å². The normalized spacial score (nSPS) is 19.5. The Bertz CT molecular complexity index is 1350. The number of benzene rings is 2. The standard InChI is InChI=1S/C27H28FN5OS/c28-21-9-4-10-22-23(21)24-25(35-22)26(30-18-29-24)33-11-5-8-20(17-33)27(34)32-14-12-31(13-15-32)16-19-6-2-1-3-7-19/h1-4,6-7,9-10,18,20H,5,8,11-17H2/t20-/m1/s1. The molecule has 0 bridgehead atoms. The van der Waals surface area contributed by atoms with Gasteiger partial charge in [0.05, 0.1) is 21.5 Å². The van der Waals surface area contributed by atoms with E-state index in [1.165, 1.54) is 29.3 Å². The first-order valence-corrected chi connectivity index (χ1v) is 13.1. The van der Waals surface area contributed by atoms with Gasteiger partial charge in [-0.3, -0.25) is 9.69 Å². The molecule has 180 valence electrons. The maximum Gasteiger partial charge on any atom is 0.227 e. The molecular formula is C27H28FN5OS. The smallest absolute Gasteiger partial charge is 0.227 e. The zero-order valence-electron chi connectivity index (χ0n) is 19.6. The van der Waals surface area contributed by atoms with Crippen LogP contribution in [0.2, 0.25) is 0 Å². The van der Waals surface area contributed by atoms with E-state index in [-0.39, 0.29) is 17.6 Å². The summed E-state index contributed by atoms with van der Waals surface area (Å²) in [6.45, 7) is 5.77. The molecule has 0 saturated carbocycles. The predicted octanol–water partition coefficient (Wildman–Crippen LogP) is 4.54. The van der Waals surface area contributed by atoms with Gasteiger partial charge in [-0.25, -0.2) is 14.4 Å². The molecule has 35 heavy (non-hydrogen) atoms. The first-order valence-electron chi connectivity index (χ1n) is 12.3. The van der Waals surface area contributed by atoms with Crippen LogP contribution >= 0.6 is 11.3 Å². The van der Waals surface area contributed by atoms with Crippen LogP contribution in [0.1, 0.15) is 18.4 Å². The number of rotatable bonds is 4. The quantitative estimate of drug-likeness (QED) is 0.421. The van der Waals surface area contributed by atoms with Crippen molar-refractivity contribution >= 4 is 43.4 Å². The van der Waals surface area contributed by atoms with E-state index in [1.54, 1.807) is 6.07 Å². The van der Waals surface area contributed by atoms with Crippen molar-refractivity contribution in [2.75, 3.05) is 44.2 Å². The van der Waals surface area contributed by atoms with Gasteiger partial charge in [-0.2, -0.15) is 0 Å². The second-order valence-electron chi connectivity index (χ2n) is 9.46. The molecular weight excluding hydrogens is 461 g/mol. The summed E-state index contributed by atoms with van der Waals surface area (Å²) in [5, 5.41) is 0.564. The second kappa shape index (κ2) is 9.51. The summed E-state index contributed by atoms with van der Waals surface area (Å²) in [6, 6.07) is 15.6. The van der Waals surface area contributed by atoms with Crippen molar-refractivity contribution in [3.8, 4) is 0 Å². The molecule has 6 rings (SSSR count). The maximum absolute atomic E-state index is 14.5. The summed E-state index contributed by atoms with van der Waals surface area (Å²) in [5.74, 6) is 0.777. The van der Waals surface area contributed by atoms with Crippen molar-refractivity contribution in [1.29, 1.82) is 0 Å². The highest BCUT2D eigenvalue weighted by atomic mass is 32.1. The van der Waals surface area contributed by atoms with Crippen LogP contribution in [0.15, 0.2) is 54.9 Å². The Hall–Kier alpha value is -3.10. The lowest BCUT2D eigenvalue weighted by atomic mass is 9.96. The molecule has 0 N–H and O–H groups in total. The van der Waals surface area contributed by atoms with Crippen LogP contribution in [0.5, 0.6) is 0 Å². The Kier molecular flexibility index (Phi) is 6.08. The molecule has 2 aliphatic heterocycles. The molecule has 0 radical (unpaired) electrons. The van der Waals surface area contributed by atoms with Gasteiger partial charge in [-0.15, -0.1) is 11.3 Å². The molecule has 0 aliphatic carbocycles. The number of aromatic nitrogens is 2. The molecule has 2 aliphatic rings. The molecule has 0 spiro atoms. The minimum absolute atomic E-state index is 0.0412. The van der Waals surface area contributed by atoms with Crippen LogP contribution in [-0.2, 0) is 11.3 Å². The van der Waals surface area contributed by atoms with Gasteiger partial charge in [0.2, 0.25) is 5.91 Å². The van der Waals surface area contributed by atoms with Gasteiger partial charge in [-0.05, 0) is 30.5 Å². The van der Waals surface area contributed by atoms with Gasteiger partial charge in [0.25, 0.3) is 0 Å². The Balaban J connectivity index is 1.15. The second-order valence-corrected chi connectivity index (χ2v) is 10.5. The molecule has 4 aromatic rings. The van der Waals surface area contributed by atoms with Crippen LogP contribution in [0.4, 0.5) is 10.2 Å². The summed E-state index contributed by atoms with van der Waals surface area (Å²) < 4.78 is 16.3. The minimum atomic E-state index is -0.253. The van der Waals surface area contributed by atoms with E-state index in [4.69, 9.17) is 0 Å². The van der Waals surface area contributed by atoms with E-state index in [9.17, 15) is 9.18 Å². The molecule has 2 aromatic heterocycles. The molecule has 2 aromatic carbocycles. The number of carbonyl (C=O) groups excluding carboxylic acids is 1. The van der Waals surface area contributed by atoms with Crippen molar-refractivity contribution in [3.63, 3.8) is 0 Å². The summed E-state index contributed by atoms with van der Waals surface area (Å²) in [4.78, 5) is 29.1. The molecule has 2 fully saturated rings. The molecule has 1 amide bonds. The van der Waals surface area contributed by atoms with Gasteiger partial charge in [-0.1, -0.05) is 36.4 Å². The van der Waals surface area contributed by atoms with E-state index in [0.29, 0.717) is 17.4 Å². The van der Waals surface area contributed by atoms with E-state index < -0.39 is 0 Å². The number of nitrogens with zero attached hydrogens (tertiary/aromatic N) is 5. The number of halogens is 1. The molecule has 4 heterocycles. The van der Waals surface area contributed by atoms with Crippen LogP contribution < -0.4 is 4.90 Å². The van der Waals surface area contributed by atoms with Crippen molar-refractivity contribution in [1.82, 2.24) is 19.8 Å². The fourth-order valence-corrected chi connectivity index (χ4v) is 6.58. The number of fused-ring (bicyclic) bond motifs is 3. The third-order valence-electron chi connectivity index (χ3n) is 7.21. The highest BCUT2D eigenvalue weighted by Crippen LogP contribution is 2.39. The minimum Gasteiger partial charge on any atom is -0.355 e. The molecule has 2 saturated heterocycles. The van der Waals surface area contributed by atoms with E-state index in [0.717, 1.165) is 67.3 Å². The fraction of sp³-hybridized carbons (Fsp3) is 0.370. The van der Waals surface area contributed by atoms with Crippen molar-refractivity contribution in [3.05, 3.63) is 66.2 Å². The molecule has 1 atom stereocenters. The zero-order valence-corrected chi connectivity index (χ0v) is 20.4. The molecule has 0 unspecified atom stereocenters. The topological polar surface area (TPSA) is 52.6 Å². The van der Waals surface area contributed by atoms with Gasteiger partial charge in [0.15, 0.2) is 0 Å². The number of carbonyl (C=O) groups is 1. The highest BCUT2D eigenvalue weighted by Gasteiger charge is 2.32. The summed E-state index contributed by atoms with van der Waals surface area (Å²) in [6.07, 6.45) is 3.36. The van der Waals surface area contributed by atoms with E-state index >= 15 is 0 Å². The summed E-state index contributed by atoms with van der Waals surface area (Å²) in [7, 11) is 0. The SMILES string of the molecule is O=C([C@@H]1CCCN(c2ncnc3c2sc2cccc(F)c23)C1)N1CCN(Cc2ccccc2)CC1. The van der Waals surface area contributed by atoms with Crippen molar-refractivity contribution in [2.24, 2.45) is 5.92 Å². The Morgan fingerprint density at radius 1 is 1.00 bits per heavy atom. The number of hydrogen-bond donors (Lipinski definition) is 0. The average molecular weight is 490 g/mol. The number of amides is 1.